The van der Waals surface area contributed by atoms with Crippen molar-refractivity contribution in [2.24, 2.45) is 0 Å². The van der Waals surface area contributed by atoms with Crippen LogP contribution in [-0.2, 0) is 0 Å². The first-order valence-electron chi connectivity index (χ1n) is 6.92. The minimum absolute atomic E-state index is 0. The van der Waals surface area contributed by atoms with Gasteiger partial charge in [0.15, 0.2) is 0 Å². The normalized spacial score (nSPS) is 15.9. The molecular formula is C16H24N4. The molecule has 1 aromatic heterocycles. The van der Waals surface area contributed by atoms with E-state index in [1.807, 2.05) is 17.1 Å². The van der Waals surface area contributed by atoms with Gasteiger partial charge in [0.1, 0.15) is 0 Å². The van der Waals surface area contributed by atoms with Crippen LogP contribution in [0.25, 0.3) is 5.69 Å². The Balaban J connectivity index is 0.00000147. The molecule has 0 saturated carbocycles. The van der Waals surface area contributed by atoms with Gasteiger partial charge in [0, 0.05) is 49.9 Å². The molecule has 0 N–H and O–H groups in total. The number of rotatable bonds is 3. The highest BCUT2D eigenvalue weighted by atomic mass is 15.3. The minimum Gasteiger partial charge on any atom is -0.369 e. The van der Waals surface area contributed by atoms with E-state index in [9.17, 15) is 0 Å². The fourth-order valence-corrected chi connectivity index (χ4v) is 2.57. The lowest BCUT2D eigenvalue weighted by molar-refractivity contribution is 0.271. The van der Waals surface area contributed by atoms with Gasteiger partial charge in [-0.25, -0.2) is 4.98 Å². The maximum absolute atomic E-state index is 4.08. The molecule has 108 valence electrons. The van der Waals surface area contributed by atoms with Crippen LogP contribution in [0, 0.1) is 0 Å². The van der Waals surface area contributed by atoms with E-state index in [2.05, 4.69) is 46.0 Å². The Morgan fingerprint density at radius 1 is 1.00 bits per heavy atom. The molecule has 2 aromatic rings. The number of anilines is 1. The van der Waals surface area contributed by atoms with Gasteiger partial charge >= 0.3 is 0 Å². The Morgan fingerprint density at radius 2 is 1.65 bits per heavy atom. The highest BCUT2D eigenvalue weighted by molar-refractivity contribution is 5.51. The van der Waals surface area contributed by atoms with E-state index < -0.39 is 0 Å². The molecule has 4 heteroatoms. The van der Waals surface area contributed by atoms with Gasteiger partial charge in [-0.3, -0.25) is 0 Å². The first kappa shape index (κ1) is 14.6. The van der Waals surface area contributed by atoms with Crippen LogP contribution in [0.15, 0.2) is 43.0 Å². The van der Waals surface area contributed by atoms with Crippen LogP contribution in [-0.4, -0.2) is 47.2 Å². The molecule has 0 bridgehead atoms. The van der Waals surface area contributed by atoms with Crippen LogP contribution in [0.5, 0.6) is 0 Å². The Kier molecular flexibility index (Phi) is 4.79. The second-order valence-corrected chi connectivity index (χ2v) is 4.91. The molecule has 1 fully saturated rings. The summed E-state index contributed by atoms with van der Waals surface area (Å²) in [7, 11) is 0. The minimum atomic E-state index is 0. The molecule has 0 atom stereocenters. The van der Waals surface area contributed by atoms with Crippen LogP contribution < -0.4 is 4.90 Å². The van der Waals surface area contributed by atoms with Crippen molar-refractivity contribution in [3.05, 3.63) is 43.0 Å². The largest absolute Gasteiger partial charge is 0.369 e. The second-order valence-electron chi connectivity index (χ2n) is 4.91. The van der Waals surface area contributed by atoms with E-state index >= 15 is 0 Å². The Bertz CT molecular complexity index is 496. The predicted molar refractivity (Wildman–Crippen MR) is 84.6 cm³/mol. The smallest absolute Gasteiger partial charge is 0.0991 e. The zero-order valence-electron chi connectivity index (χ0n) is 11.4. The summed E-state index contributed by atoms with van der Waals surface area (Å²) in [5.74, 6) is 0. The molecule has 0 unspecified atom stereocenters. The van der Waals surface area contributed by atoms with Crippen molar-refractivity contribution < 1.29 is 0 Å². The zero-order chi connectivity index (χ0) is 13.1. The van der Waals surface area contributed by atoms with Crippen LogP contribution in [0.3, 0.4) is 0 Å². The fraction of sp³-hybridized carbons (Fsp3) is 0.438. The van der Waals surface area contributed by atoms with Crippen molar-refractivity contribution in [2.75, 3.05) is 37.6 Å². The molecule has 3 rings (SSSR count). The molecule has 1 aliphatic rings. The molecule has 0 amide bonds. The summed E-state index contributed by atoms with van der Waals surface area (Å²) in [6.45, 7) is 7.97. The zero-order valence-corrected chi connectivity index (χ0v) is 11.4. The fourth-order valence-electron chi connectivity index (χ4n) is 2.57. The van der Waals surface area contributed by atoms with E-state index in [4.69, 9.17) is 0 Å². The average molecular weight is 272 g/mol. The third kappa shape index (κ3) is 3.02. The summed E-state index contributed by atoms with van der Waals surface area (Å²) in [6.07, 6.45) is 5.60. The number of aromatic nitrogens is 2. The molecular weight excluding hydrogens is 248 g/mol. The number of benzene rings is 1. The Morgan fingerprint density at radius 3 is 2.20 bits per heavy atom. The van der Waals surface area contributed by atoms with Crippen LogP contribution in [0.2, 0.25) is 0 Å². The average Bonchev–Trinajstić information content (AvgIpc) is 3.02. The van der Waals surface area contributed by atoms with Gasteiger partial charge in [-0.15, -0.1) is 0 Å². The molecule has 0 aliphatic carbocycles. The van der Waals surface area contributed by atoms with Crippen LogP contribution in [0.4, 0.5) is 5.69 Å². The summed E-state index contributed by atoms with van der Waals surface area (Å²) >= 11 is 0. The monoisotopic (exact) mass is 272 g/mol. The van der Waals surface area contributed by atoms with Crippen molar-refractivity contribution in [3.8, 4) is 5.69 Å². The first-order chi connectivity index (χ1) is 9.36. The van der Waals surface area contributed by atoms with Crippen molar-refractivity contribution in [1.82, 2.24) is 14.5 Å². The van der Waals surface area contributed by atoms with Gasteiger partial charge in [-0.1, -0.05) is 14.4 Å². The maximum atomic E-state index is 4.08. The van der Waals surface area contributed by atoms with E-state index in [1.165, 1.54) is 18.8 Å². The lowest BCUT2D eigenvalue weighted by Gasteiger charge is -2.35. The Labute approximate surface area is 121 Å². The van der Waals surface area contributed by atoms with Crippen molar-refractivity contribution in [2.45, 2.75) is 14.4 Å². The molecule has 0 radical (unpaired) electrons. The maximum Gasteiger partial charge on any atom is 0.0991 e. The van der Waals surface area contributed by atoms with Crippen molar-refractivity contribution in [1.29, 1.82) is 0 Å². The molecule has 2 heterocycles. The number of imidazole rings is 1. The summed E-state index contributed by atoms with van der Waals surface area (Å²) < 4.78 is 2.03. The predicted octanol–water partition coefficient (Wildman–Crippen LogP) is 2.65. The van der Waals surface area contributed by atoms with E-state index in [-0.39, 0.29) is 7.43 Å². The summed E-state index contributed by atoms with van der Waals surface area (Å²) in [5, 5.41) is 0. The standard InChI is InChI=1S/C15H20N4.CH4/c1-2-17-9-11-18(12-10-17)14-3-5-15(6-4-14)19-8-7-16-13-19;/h3-8,13H,2,9-12H2,1H3;1H4. The second kappa shape index (κ2) is 6.57. The lowest BCUT2D eigenvalue weighted by atomic mass is 10.2. The third-order valence-electron chi connectivity index (χ3n) is 3.84. The van der Waals surface area contributed by atoms with Gasteiger partial charge in [0.25, 0.3) is 0 Å². The highest BCUT2D eigenvalue weighted by Gasteiger charge is 2.15. The molecule has 1 saturated heterocycles. The van der Waals surface area contributed by atoms with Gasteiger partial charge in [-0.05, 0) is 30.8 Å². The first-order valence-corrected chi connectivity index (χ1v) is 6.92. The van der Waals surface area contributed by atoms with Gasteiger partial charge in [-0.2, -0.15) is 0 Å². The molecule has 0 spiro atoms. The molecule has 1 aliphatic heterocycles. The Hall–Kier alpha value is -1.81. The number of hydrogen-bond acceptors (Lipinski definition) is 3. The van der Waals surface area contributed by atoms with E-state index in [1.54, 1.807) is 6.20 Å². The number of likely N-dealkylation sites (N-methyl/N-ethyl adjacent to an activating group) is 1. The lowest BCUT2D eigenvalue weighted by Crippen LogP contribution is -2.46. The molecule has 4 nitrogen and oxygen atoms in total. The molecule has 1 aromatic carbocycles. The highest BCUT2D eigenvalue weighted by Crippen LogP contribution is 2.18. The quantitative estimate of drug-likeness (QED) is 0.858. The van der Waals surface area contributed by atoms with Crippen LogP contribution in [0.1, 0.15) is 14.4 Å². The van der Waals surface area contributed by atoms with Crippen molar-refractivity contribution >= 4 is 5.69 Å². The topological polar surface area (TPSA) is 24.3 Å². The van der Waals surface area contributed by atoms with Crippen molar-refractivity contribution in [3.63, 3.8) is 0 Å². The SMILES string of the molecule is C.CCN1CCN(c2ccc(-n3ccnc3)cc2)CC1. The summed E-state index contributed by atoms with van der Waals surface area (Å²) in [4.78, 5) is 9.03. The van der Waals surface area contributed by atoms with E-state index in [0.717, 1.165) is 25.3 Å². The number of piperazine rings is 1. The number of nitrogens with zero attached hydrogens (tertiary/aromatic N) is 4. The molecule has 20 heavy (non-hydrogen) atoms. The van der Waals surface area contributed by atoms with Crippen LogP contribution >= 0.6 is 0 Å². The summed E-state index contributed by atoms with van der Waals surface area (Å²) in [5.41, 5.74) is 2.48. The van der Waals surface area contributed by atoms with Gasteiger partial charge < -0.3 is 14.4 Å². The third-order valence-corrected chi connectivity index (χ3v) is 3.84. The van der Waals surface area contributed by atoms with Gasteiger partial charge in [0.2, 0.25) is 0 Å². The number of hydrogen-bond donors (Lipinski definition) is 0. The summed E-state index contributed by atoms with van der Waals surface area (Å²) in [6, 6.07) is 8.72. The van der Waals surface area contributed by atoms with Gasteiger partial charge in [0.05, 0.1) is 6.33 Å². The van der Waals surface area contributed by atoms with E-state index in [0.29, 0.717) is 0 Å².